The van der Waals surface area contributed by atoms with Crippen LogP contribution in [0.5, 0.6) is 0 Å². The summed E-state index contributed by atoms with van der Waals surface area (Å²) in [5.41, 5.74) is 15.7. The van der Waals surface area contributed by atoms with Gasteiger partial charge in [0.1, 0.15) is 0 Å². The Bertz CT molecular complexity index is 1290. The van der Waals surface area contributed by atoms with Crippen molar-refractivity contribution >= 4 is 0 Å². The molecule has 4 aromatic carbocycles. The van der Waals surface area contributed by atoms with Crippen LogP contribution in [0.1, 0.15) is 53.5 Å². The average molecular weight is 373 g/mol. The minimum absolute atomic E-state index is 0.415. The van der Waals surface area contributed by atoms with Crippen LogP contribution in [0.2, 0.25) is 0 Å². The van der Waals surface area contributed by atoms with E-state index in [1.807, 2.05) is 0 Å². The predicted octanol–water partition coefficient (Wildman–Crippen LogP) is 7.93. The molecule has 0 bridgehead atoms. The zero-order chi connectivity index (χ0) is 19.7. The van der Waals surface area contributed by atoms with Crippen molar-refractivity contribution in [3.05, 3.63) is 107 Å². The topological polar surface area (TPSA) is 0 Å². The summed E-state index contributed by atoms with van der Waals surface area (Å²) < 4.78 is 0. The number of hydrogen-bond donors (Lipinski definition) is 0. The lowest BCUT2D eigenvalue weighted by molar-refractivity contribution is 0.938. The number of hydrogen-bond acceptors (Lipinski definition) is 0. The molecule has 0 aliphatic heterocycles. The lowest BCUT2D eigenvalue weighted by atomic mass is 9.84. The molecule has 4 aromatic rings. The lowest BCUT2D eigenvalue weighted by Gasteiger charge is -2.19. The second-order valence-corrected chi connectivity index (χ2v) is 8.66. The van der Waals surface area contributed by atoms with Gasteiger partial charge in [0, 0.05) is 11.8 Å². The van der Waals surface area contributed by atoms with Crippen molar-refractivity contribution in [3.8, 4) is 33.4 Å². The van der Waals surface area contributed by atoms with E-state index in [0.717, 1.165) is 0 Å². The summed E-state index contributed by atoms with van der Waals surface area (Å²) in [7, 11) is 0. The third-order valence-electron chi connectivity index (χ3n) is 7.02. The molecule has 2 aliphatic carbocycles. The molecule has 6 rings (SSSR count). The number of aryl methyl sites for hydroxylation is 1. The minimum atomic E-state index is 0.415. The van der Waals surface area contributed by atoms with Crippen LogP contribution in [0, 0.1) is 6.92 Å². The molecular weight excluding hydrogens is 348 g/mol. The van der Waals surface area contributed by atoms with Crippen LogP contribution < -0.4 is 0 Å². The molecule has 0 nitrogen and oxygen atoms in total. The van der Waals surface area contributed by atoms with Gasteiger partial charge in [-0.05, 0) is 68.6 Å². The van der Waals surface area contributed by atoms with Crippen LogP contribution in [-0.4, -0.2) is 0 Å². The van der Waals surface area contributed by atoms with E-state index in [0.29, 0.717) is 11.8 Å². The standard InChI is InChI=1S/C29H24/c1-17-9-8-10-20(15-17)26-16-25-18(2)21-11-4-6-13-23(21)28(25)27-19(3)22-12-5-7-14-24(22)29(26)27/h4-16,18-19H,1-3H3. The Labute approximate surface area is 172 Å². The third-order valence-corrected chi connectivity index (χ3v) is 7.02. The highest BCUT2D eigenvalue weighted by molar-refractivity contribution is 5.99. The zero-order valence-corrected chi connectivity index (χ0v) is 17.2. The van der Waals surface area contributed by atoms with Gasteiger partial charge in [-0.1, -0.05) is 92.2 Å². The summed E-state index contributed by atoms with van der Waals surface area (Å²) in [6.45, 7) is 6.94. The normalized spacial score (nSPS) is 18.2. The number of fused-ring (bicyclic) bond motifs is 7. The van der Waals surface area contributed by atoms with E-state index in [2.05, 4.69) is 99.6 Å². The van der Waals surface area contributed by atoms with Crippen molar-refractivity contribution in [1.82, 2.24) is 0 Å². The Hall–Kier alpha value is -3.12. The summed E-state index contributed by atoms with van der Waals surface area (Å²) >= 11 is 0. The number of rotatable bonds is 1. The molecule has 0 aromatic heterocycles. The van der Waals surface area contributed by atoms with Crippen molar-refractivity contribution in [3.63, 3.8) is 0 Å². The van der Waals surface area contributed by atoms with Crippen LogP contribution in [0.3, 0.4) is 0 Å². The summed E-state index contributed by atoms with van der Waals surface area (Å²) in [5.74, 6) is 0.851. The van der Waals surface area contributed by atoms with Crippen molar-refractivity contribution in [2.24, 2.45) is 0 Å². The Balaban J connectivity index is 1.76. The van der Waals surface area contributed by atoms with Gasteiger partial charge in [-0.15, -0.1) is 0 Å². The molecule has 0 heterocycles. The van der Waals surface area contributed by atoms with Crippen molar-refractivity contribution in [1.29, 1.82) is 0 Å². The molecule has 0 N–H and O–H groups in total. The average Bonchev–Trinajstić information content (AvgIpc) is 3.20. The zero-order valence-electron chi connectivity index (χ0n) is 17.2. The Kier molecular flexibility index (Phi) is 3.44. The van der Waals surface area contributed by atoms with Gasteiger partial charge in [0.2, 0.25) is 0 Å². The molecule has 0 amide bonds. The van der Waals surface area contributed by atoms with E-state index in [1.165, 1.54) is 61.2 Å². The van der Waals surface area contributed by atoms with Crippen LogP contribution in [0.25, 0.3) is 33.4 Å². The maximum Gasteiger partial charge on any atom is 0.00798 e. The van der Waals surface area contributed by atoms with E-state index in [-0.39, 0.29) is 0 Å². The SMILES string of the molecule is Cc1cccc(-c2cc3c(c4c2-c2ccccc2C4C)-c2ccccc2C3C)c1. The summed E-state index contributed by atoms with van der Waals surface area (Å²) in [5, 5.41) is 0. The van der Waals surface area contributed by atoms with E-state index in [4.69, 9.17) is 0 Å². The van der Waals surface area contributed by atoms with Crippen molar-refractivity contribution in [2.75, 3.05) is 0 Å². The first-order valence-electron chi connectivity index (χ1n) is 10.6. The van der Waals surface area contributed by atoms with Crippen LogP contribution in [0.4, 0.5) is 0 Å². The van der Waals surface area contributed by atoms with E-state index in [1.54, 1.807) is 0 Å². The Morgan fingerprint density at radius 1 is 0.552 bits per heavy atom. The highest BCUT2D eigenvalue weighted by atomic mass is 14.4. The molecule has 140 valence electrons. The van der Waals surface area contributed by atoms with Gasteiger partial charge in [-0.25, -0.2) is 0 Å². The monoisotopic (exact) mass is 372 g/mol. The van der Waals surface area contributed by atoms with Gasteiger partial charge in [0.05, 0.1) is 0 Å². The van der Waals surface area contributed by atoms with Gasteiger partial charge >= 0.3 is 0 Å². The van der Waals surface area contributed by atoms with Crippen LogP contribution in [0.15, 0.2) is 78.9 Å². The predicted molar refractivity (Wildman–Crippen MR) is 123 cm³/mol. The molecule has 0 spiro atoms. The first-order chi connectivity index (χ1) is 14.1. The fraction of sp³-hybridized carbons (Fsp3) is 0.172. The highest BCUT2D eigenvalue weighted by Gasteiger charge is 2.37. The van der Waals surface area contributed by atoms with Gasteiger partial charge in [-0.2, -0.15) is 0 Å². The molecule has 0 fully saturated rings. The summed E-state index contributed by atoms with van der Waals surface area (Å²) in [4.78, 5) is 0. The summed E-state index contributed by atoms with van der Waals surface area (Å²) in [6, 6.07) is 29.5. The minimum Gasteiger partial charge on any atom is -0.0619 e. The Morgan fingerprint density at radius 3 is 1.93 bits per heavy atom. The fourth-order valence-corrected chi connectivity index (χ4v) is 5.66. The van der Waals surface area contributed by atoms with Crippen molar-refractivity contribution < 1.29 is 0 Å². The fourth-order valence-electron chi connectivity index (χ4n) is 5.66. The second kappa shape index (κ2) is 5.94. The molecule has 0 heteroatoms. The van der Waals surface area contributed by atoms with Gasteiger partial charge in [0.15, 0.2) is 0 Å². The molecule has 0 saturated carbocycles. The van der Waals surface area contributed by atoms with Crippen LogP contribution in [-0.2, 0) is 0 Å². The Morgan fingerprint density at radius 2 is 1.21 bits per heavy atom. The van der Waals surface area contributed by atoms with Gasteiger partial charge in [0.25, 0.3) is 0 Å². The molecule has 29 heavy (non-hydrogen) atoms. The maximum atomic E-state index is 2.49. The number of benzene rings is 4. The smallest absolute Gasteiger partial charge is 0.00798 e. The van der Waals surface area contributed by atoms with Crippen LogP contribution >= 0.6 is 0 Å². The first-order valence-corrected chi connectivity index (χ1v) is 10.6. The van der Waals surface area contributed by atoms with Gasteiger partial charge in [-0.3, -0.25) is 0 Å². The molecular formula is C29H24. The highest BCUT2D eigenvalue weighted by Crippen LogP contribution is 2.58. The molecule has 2 unspecified atom stereocenters. The second-order valence-electron chi connectivity index (χ2n) is 8.66. The lowest BCUT2D eigenvalue weighted by Crippen LogP contribution is -1.98. The van der Waals surface area contributed by atoms with Crippen molar-refractivity contribution in [2.45, 2.75) is 32.6 Å². The maximum absolute atomic E-state index is 2.49. The molecule has 0 saturated heterocycles. The first kappa shape index (κ1) is 16.8. The third kappa shape index (κ3) is 2.20. The molecule has 2 atom stereocenters. The summed E-state index contributed by atoms with van der Waals surface area (Å²) in [6.07, 6.45) is 0. The van der Waals surface area contributed by atoms with E-state index in [9.17, 15) is 0 Å². The molecule has 0 radical (unpaired) electrons. The van der Waals surface area contributed by atoms with Gasteiger partial charge < -0.3 is 0 Å². The quantitative estimate of drug-likeness (QED) is 0.318. The molecule has 2 aliphatic rings. The van der Waals surface area contributed by atoms with E-state index >= 15 is 0 Å². The van der Waals surface area contributed by atoms with E-state index < -0.39 is 0 Å². The largest absolute Gasteiger partial charge is 0.0619 e.